The van der Waals surface area contributed by atoms with E-state index in [-0.39, 0.29) is 30.1 Å². The van der Waals surface area contributed by atoms with Gasteiger partial charge in [0.2, 0.25) is 5.91 Å². The Labute approximate surface area is 153 Å². The average molecular weight is 366 g/mol. The van der Waals surface area contributed by atoms with E-state index in [1.54, 1.807) is 20.8 Å². The van der Waals surface area contributed by atoms with Crippen LogP contribution in [0.1, 0.15) is 37.6 Å². The minimum Gasteiger partial charge on any atom is -0.493 e. The van der Waals surface area contributed by atoms with Crippen molar-refractivity contribution in [2.45, 2.75) is 27.2 Å². The van der Waals surface area contributed by atoms with Gasteiger partial charge in [0, 0.05) is 25.1 Å². The van der Waals surface area contributed by atoms with E-state index >= 15 is 0 Å². The summed E-state index contributed by atoms with van der Waals surface area (Å²) in [5.74, 6) is -1.01. The maximum absolute atomic E-state index is 12.8. The maximum Gasteiger partial charge on any atom is 0.305 e. The van der Waals surface area contributed by atoms with Crippen molar-refractivity contribution in [2.24, 2.45) is 5.41 Å². The largest absolute Gasteiger partial charge is 0.493 e. The fraction of sp³-hybridized carbons (Fsp3) is 0.500. The predicted molar refractivity (Wildman–Crippen MR) is 96.8 cm³/mol. The third kappa shape index (κ3) is 5.37. The number of nitrogens with zero attached hydrogens (tertiary/aromatic N) is 1. The molecule has 0 aliphatic rings. The molecule has 2 amide bonds. The topological polar surface area (TPSA) is 105 Å². The molecule has 2 N–H and O–H groups in total. The van der Waals surface area contributed by atoms with Gasteiger partial charge in [0.25, 0.3) is 5.91 Å². The van der Waals surface area contributed by atoms with E-state index in [9.17, 15) is 14.4 Å². The molecular formula is C18H26N2O6. The van der Waals surface area contributed by atoms with E-state index in [4.69, 9.17) is 14.6 Å². The molecule has 0 atom stereocenters. The number of hydrogen-bond donors (Lipinski definition) is 2. The van der Waals surface area contributed by atoms with Gasteiger partial charge in [-0.15, -0.1) is 0 Å². The minimum absolute atomic E-state index is 0.0369. The van der Waals surface area contributed by atoms with Gasteiger partial charge in [-0.05, 0) is 6.07 Å². The number of benzene rings is 1. The number of carboxylic acids is 1. The molecule has 0 radical (unpaired) electrons. The van der Waals surface area contributed by atoms with Crippen LogP contribution in [0.25, 0.3) is 0 Å². The standard InChI is InChI=1S/C18H26N2O6/c1-18(2,3)17(24)19-12-10-14(26-6)13(25-5)9-11(12)16(23)20(4)8-7-15(21)22/h9-10H,7-8H2,1-6H3,(H,19,24)(H,21,22). The van der Waals surface area contributed by atoms with E-state index in [2.05, 4.69) is 5.32 Å². The first-order valence-electron chi connectivity index (χ1n) is 8.06. The molecule has 8 nitrogen and oxygen atoms in total. The monoisotopic (exact) mass is 366 g/mol. The molecule has 8 heteroatoms. The molecule has 144 valence electrons. The van der Waals surface area contributed by atoms with Crippen molar-refractivity contribution < 1.29 is 29.0 Å². The number of amides is 2. The Bertz CT molecular complexity index is 694. The van der Waals surface area contributed by atoms with Crippen molar-refractivity contribution >= 4 is 23.5 Å². The molecule has 0 saturated heterocycles. The molecule has 0 fully saturated rings. The number of rotatable bonds is 7. The number of anilines is 1. The van der Waals surface area contributed by atoms with Gasteiger partial charge in [-0.1, -0.05) is 20.8 Å². The van der Waals surface area contributed by atoms with Crippen LogP contribution in [0.15, 0.2) is 12.1 Å². The van der Waals surface area contributed by atoms with E-state index in [1.165, 1.54) is 38.3 Å². The lowest BCUT2D eigenvalue weighted by Gasteiger charge is -2.23. The first-order valence-corrected chi connectivity index (χ1v) is 8.06. The van der Waals surface area contributed by atoms with Crippen LogP contribution >= 0.6 is 0 Å². The second kappa shape index (κ2) is 8.55. The van der Waals surface area contributed by atoms with Gasteiger partial charge in [0.05, 0.1) is 31.9 Å². The molecule has 0 heterocycles. The Hall–Kier alpha value is -2.77. The fourth-order valence-corrected chi connectivity index (χ4v) is 2.04. The number of aliphatic carboxylic acids is 1. The lowest BCUT2D eigenvalue weighted by Crippen LogP contribution is -2.32. The molecule has 0 aliphatic heterocycles. The average Bonchev–Trinajstić information content (AvgIpc) is 2.57. The smallest absolute Gasteiger partial charge is 0.305 e. The van der Waals surface area contributed by atoms with Gasteiger partial charge in [-0.25, -0.2) is 0 Å². The normalized spacial score (nSPS) is 10.8. The third-order valence-corrected chi connectivity index (χ3v) is 3.69. The van der Waals surface area contributed by atoms with Crippen LogP contribution in [0, 0.1) is 5.41 Å². The third-order valence-electron chi connectivity index (χ3n) is 3.69. The molecule has 0 aromatic heterocycles. The first kappa shape index (κ1) is 21.3. The van der Waals surface area contributed by atoms with Crippen LogP contribution in [0.5, 0.6) is 11.5 Å². The summed E-state index contributed by atoms with van der Waals surface area (Å²) in [6, 6.07) is 2.98. The summed E-state index contributed by atoms with van der Waals surface area (Å²) >= 11 is 0. The van der Waals surface area contributed by atoms with Crippen LogP contribution in [-0.2, 0) is 9.59 Å². The number of hydrogen-bond acceptors (Lipinski definition) is 5. The molecule has 26 heavy (non-hydrogen) atoms. The highest BCUT2D eigenvalue weighted by molar-refractivity contribution is 6.05. The summed E-state index contributed by atoms with van der Waals surface area (Å²) < 4.78 is 10.5. The van der Waals surface area contributed by atoms with Crippen molar-refractivity contribution in [1.29, 1.82) is 0 Å². The lowest BCUT2D eigenvalue weighted by molar-refractivity contribution is -0.137. The minimum atomic E-state index is -1.00. The van der Waals surface area contributed by atoms with Gasteiger partial charge in [-0.3, -0.25) is 14.4 Å². The summed E-state index contributed by atoms with van der Waals surface area (Å²) in [5, 5.41) is 11.5. The number of nitrogens with one attached hydrogen (secondary N) is 1. The second-order valence-electron chi connectivity index (χ2n) is 6.83. The van der Waals surface area contributed by atoms with Crippen LogP contribution in [-0.4, -0.2) is 55.6 Å². The molecule has 1 aromatic carbocycles. The van der Waals surface area contributed by atoms with E-state index in [0.717, 1.165) is 0 Å². The van der Waals surface area contributed by atoms with Crippen LogP contribution < -0.4 is 14.8 Å². The zero-order valence-corrected chi connectivity index (χ0v) is 16.0. The Morgan fingerprint density at radius 2 is 1.65 bits per heavy atom. The highest BCUT2D eigenvalue weighted by atomic mass is 16.5. The zero-order valence-electron chi connectivity index (χ0n) is 16.0. The van der Waals surface area contributed by atoms with Gasteiger partial charge in [-0.2, -0.15) is 0 Å². The van der Waals surface area contributed by atoms with Crippen molar-refractivity contribution in [1.82, 2.24) is 4.90 Å². The van der Waals surface area contributed by atoms with E-state index in [1.807, 2.05) is 0 Å². The summed E-state index contributed by atoms with van der Waals surface area (Å²) in [5.41, 5.74) is -0.203. The zero-order chi connectivity index (χ0) is 20.1. The van der Waals surface area contributed by atoms with E-state index < -0.39 is 17.3 Å². The summed E-state index contributed by atoms with van der Waals surface area (Å²) in [4.78, 5) is 37.1. The Balaban J connectivity index is 3.31. The van der Waals surface area contributed by atoms with Crippen LogP contribution in [0.2, 0.25) is 0 Å². The SMILES string of the molecule is COc1cc(NC(=O)C(C)(C)C)c(C(=O)N(C)CCC(=O)O)cc1OC. The molecular weight excluding hydrogens is 340 g/mol. The quantitative estimate of drug-likeness (QED) is 0.767. The highest BCUT2D eigenvalue weighted by Gasteiger charge is 2.26. The van der Waals surface area contributed by atoms with Gasteiger partial charge in [0.15, 0.2) is 11.5 Å². The summed E-state index contributed by atoms with van der Waals surface area (Å²) in [7, 11) is 4.39. The predicted octanol–water partition coefficient (Wildman–Crippen LogP) is 2.24. The second-order valence-corrected chi connectivity index (χ2v) is 6.83. The fourth-order valence-electron chi connectivity index (χ4n) is 2.04. The molecule has 0 saturated carbocycles. The summed E-state index contributed by atoms with van der Waals surface area (Å²) in [6.45, 7) is 5.30. The lowest BCUT2D eigenvalue weighted by atomic mass is 9.95. The Morgan fingerprint density at radius 1 is 1.12 bits per heavy atom. The molecule has 0 aliphatic carbocycles. The molecule has 1 rings (SSSR count). The number of carboxylic acid groups (broad SMARTS) is 1. The van der Waals surface area contributed by atoms with Gasteiger partial charge >= 0.3 is 5.97 Å². The van der Waals surface area contributed by atoms with Crippen molar-refractivity contribution in [2.75, 3.05) is 33.1 Å². The van der Waals surface area contributed by atoms with Gasteiger partial charge in [0.1, 0.15) is 0 Å². The van der Waals surface area contributed by atoms with Crippen molar-refractivity contribution in [3.05, 3.63) is 17.7 Å². The van der Waals surface area contributed by atoms with E-state index in [0.29, 0.717) is 11.5 Å². The number of methoxy groups -OCH3 is 2. The summed E-state index contributed by atoms with van der Waals surface area (Å²) in [6.07, 6.45) is -0.181. The Morgan fingerprint density at radius 3 is 2.12 bits per heavy atom. The van der Waals surface area contributed by atoms with Gasteiger partial charge < -0.3 is 24.8 Å². The number of carbonyl (C=O) groups excluding carboxylic acids is 2. The van der Waals surface area contributed by atoms with Crippen LogP contribution in [0.3, 0.4) is 0 Å². The molecule has 0 spiro atoms. The first-order chi connectivity index (χ1) is 12.0. The van der Waals surface area contributed by atoms with Crippen molar-refractivity contribution in [3.8, 4) is 11.5 Å². The van der Waals surface area contributed by atoms with Crippen LogP contribution in [0.4, 0.5) is 5.69 Å². The molecule has 0 unspecified atom stereocenters. The maximum atomic E-state index is 12.8. The highest BCUT2D eigenvalue weighted by Crippen LogP contribution is 2.34. The Kier molecular flexibility index (Phi) is 7.00. The number of carbonyl (C=O) groups is 3. The van der Waals surface area contributed by atoms with Crippen molar-refractivity contribution in [3.63, 3.8) is 0 Å². The number of ether oxygens (including phenoxy) is 2. The molecule has 1 aromatic rings. The molecule has 0 bridgehead atoms.